The van der Waals surface area contributed by atoms with Gasteiger partial charge < -0.3 is 5.32 Å². The molecular weight excluding hydrogens is 142 g/mol. The van der Waals surface area contributed by atoms with Crippen molar-refractivity contribution in [2.75, 3.05) is 18.8 Å². The highest BCUT2D eigenvalue weighted by Crippen LogP contribution is 2.36. The summed E-state index contributed by atoms with van der Waals surface area (Å²) in [7, 11) is 0. The molecule has 1 nitrogen and oxygen atoms in total. The van der Waals surface area contributed by atoms with E-state index in [1.54, 1.807) is 0 Å². The Kier molecular flexibility index (Phi) is 3.05. The van der Waals surface area contributed by atoms with Crippen molar-refractivity contribution in [2.45, 2.75) is 31.4 Å². The van der Waals surface area contributed by atoms with Crippen LogP contribution >= 0.6 is 11.8 Å². The van der Waals surface area contributed by atoms with Crippen molar-refractivity contribution in [3.63, 3.8) is 0 Å². The fourth-order valence-corrected chi connectivity index (χ4v) is 2.64. The van der Waals surface area contributed by atoms with Crippen LogP contribution < -0.4 is 5.32 Å². The molecular formula is C8H17NS. The first kappa shape index (κ1) is 8.41. The standard InChI is InChI=1S/C8H17NS/c1-3-9-7-8(2)5-4-6-10-8/h9H,3-7H2,1-2H3. The van der Waals surface area contributed by atoms with Gasteiger partial charge in [-0.2, -0.15) is 11.8 Å². The van der Waals surface area contributed by atoms with E-state index in [9.17, 15) is 0 Å². The van der Waals surface area contributed by atoms with E-state index in [1.807, 2.05) is 0 Å². The molecule has 0 radical (unpaired) electrons. The first-order chi connectivity index (χ1) is 4.77. The van der Waals surface area contributed by atoms with E-state index in [2.05, 4.69) is 30.9 Å². The Labute approximate surface area is 68.0 Å². The van der Waals surface area contributed by atoms with Crippen LogP contribution in [0.15, 0.2) is 0 Å². The van der Waals surface area contributed by atoms with E-state index in [-0.39, 0.29) is 0 Å². The quantitative estimate of drug-likeness (QED) is 0.675. The predicted molar refractivity (Wildman–Crippen MR) is 48.6 cm³/mol. The van der Waals surface area contributed by atoms with Gasteiger partial charge in [-0.05, 0) is 32.1 Å². The number of hydrogen-bond acceptors (Lipinski definition) is 2. The Morgan fingerprint density at radius 3 is 2.90 bits per heavy atom. The monoisotopic (exact) mass is 159 g/mol. The summed E-state index contributed by atoms with van der Waals surface area (Å²) in [5, 5.41) is 3.41. The summed E-state index contributed by atoms with van der Waals surface area (Å²) in [5.74, 6) is 1.36. The first-order valence-electron chi connectivity index (χ1n) is 4.11. The van der Waals surface area contributed by atoms with Crippen molar-refractivity contribution in [1.29, 1.82) is 0 Å². The normalized spacial score (nSPS) is 33.0. The number of nitrogens with one attached hydrogen (secondary N) is 1. The molecule has 60 valence electrons. The average molecular weight is 159 g/mol. The molecule has 0 saturated carbocycles. The third-order valence-corrected chi connectivity index (χ3v) is 3.59. The smallest absolute Gasteiger partial charge is 0.0256 e. The van der Waals surface area contributed by atoms with Gasteiger partial charge in [-0.3, -0.25) is 0 Å². The van der Waals surface area contributed by atoms with Gasteiger partial charge in [-0.1, -0.05) is 6.92 Å². The molecule has 0 aromatic heterocycles. The maximum Gasteiger partial charge on any atom is 0.0256 e. The number of hydrogen-bond donors (Lipinski definition) is 1. The zero-order valence-corrected chi connectivity index (χ0v) is 7.76. The summed E-state index contributed by atoms with van der Waals surface area (Å²) in [6.07, 6.45) is 2.80. The zero-order chi connectivity index (χ0) is 7.45. The molecule has 1 aliphatic rings. The lowest BCUT2D eigenvalue weighted by Crippen LogP contribution is -2.32. The second-order valence-electron chi connectivity index (χ2n) is 3.18. The molecule has 0 aliphatic carbocycles. The summed E-state index contributed by atoms with van der Waals surface area (Å²) in [5.41, 5.74) is 0. The highest BCUT2D eigenvalue weighted by atomic mass is 32.2. The minimum Gasteiger partial charge on any atom is -0.316 e. The van der Waals surface area contributed by atoms with Gasteiger partial charge in [0.15, 0.2) is 0 Å². The van der Waals surface area contributed by atoms with Crippen molar-refractivity contribution >= 4 is 11.8 Å². The van der Waals surface area contributed by atoms with Crippen molar-refractivity contribution in [2.24, 2.45) is 0 Å². The van der Waals surface area contributed by atoms with Crippen molar-refractivity contribution in [3.8, 4) is 0 Å². The Balaban J connectivity index is 2.22. The maximum atomic E-state index is 3.41. The molecule has 1 unspecified atom stereocenters. The maximum absolute atomic E-state index is 3.41. The molecule has 0 bridgehead atoms. The van der Waals surface area contributed by atoms with Crippen molar-refractivity contribution < 1.29 is 0 Å². The molecule has 1 N–H and O–H groups in total. The molecule has 1 aliphatic heterocycles. The van der Waals surface area contributed by atoms with Gasteiger partial charge in [-0.15, -0.1) is 0 Å². The molecule has 2 heteroatoms. The van der Waals surface area contributed by atoms with Crippen LogP contribution in [-0.2, 0) is 0 Å². The van der Waals surface area contributed by atoms with E-state index in [4.69, 9.17) is 0 Å². The molecule has 10 heavy (non-hydrogen) atoms. The van der Waals surface area contributed by atoms with Gasteiger partial charge in [0, 0.05) is 11.3 Å². The van der Waals surface area contributed by atoms with Gasteiger partial charge >= 0.3 is 0 Å². The Morgan fingerprint density at radius 2 is 2.40 bits per heavy atom. The highest BCUT2D eigenvalue weighted by molar-refractivity contribution is 8.00. The molecule has 1 heterocycles. The van der Waals surface area contributed by atoms with Crippen molar-refractivity contribution in [1.82, 2.24) is 5.32 Å². The van der Waals surface area contributed by atoms with Crippen LogP contribution in [0.5, 0.6) is 0 Å². The predicted octanol–water partition coefficient (Wildman–Crippen LogP) is 1.88. The molecule has 1 saturated heterocycles. The summed E-state index contributed by atoms with van der Waals surface area (Å²) in [4.78, 5) is 0. The van der Waals surface area contributed by atoms with Crippen molar-refractivity contribution in [3.05, 3.63) is 0 Å². The Morgan fingerprint density at radius 1 is 1.60 bits per heavy atom. The van der Waals surface area contributed by atoms with Crippen LogP contribution in [0.2, 0.25) is 0 Å². The molecule has 0 aromatic rings. The van der Waals surface area contributed by atoms with E-state index in [1.165, 1.54) is 25.1 Å². The second-order valence-corrected chi connectivity index (χ2v) is 4.86. The summed E-state index contributed by atoms with van der Waals surface area (Å²) >= 11 is 2.12. The lowest BCUT2D eigenvalue weighted by molar-refractivity contribution is 0.548. The fraction of sp³-hybridized carbons (Fsp3) is 1.00. The third-order valence-electron chi connectivity index (χ3n) is 2.05. The van der Waals surface area contributed by atoms with E-state index < -0.39 is 0 Å². The third kappa shape index (κ3) is 2.17. The van der Waals surface area contributed by atoms with Crippen LogP contribution in [0.1, 0.15) is 26.7 Å². The lowest BCUT2D eigenvalue weighted by atomic mass is 10.1. The Bertz CT molecular complexity index is 97.4. The zero-order valence-electron chi connectivity index (χ0n) is 6.94. The minimum absolute atomic E-state index is 0.552. The van der Waals surface area contributed by atoms with Crippen LogP contribution in [-0.4, -0.2) is 23.6 Å². The molecule has 1 atom stereocenters. The molecule has 0 aromatic carbocycles. The summed E-state index contributed by atoms with van der Waals surface area (Å²) in [6, 6.07) is 0. The van der Waals surface area contributed by atoms with Crippen LogP contribution in [0.25, 0.3) is 0 Å². The number of thioether (sulfide) groups is 1. The van der Waals surface area contributed by atoms with Gasteiger partial charge in [0.25, 0.3) is 0 Å². The molecule has 0 amide bonds. The van der Waals surface area contributed by atoms with Crippen LogP contribution in [0.3, 0.4) is 0 Å². The lowest BCUT2D eigenvalue weighted by Gasteiger charge is -2.22. The van der Waals surface area contributed by atoms with Crippen LogP contribution in [0, 0.1) is 0 Å². The van der Waals surface area contributed by atoms with E-state index in [0.29, 0.717) is 4.75 Å². The number of rotatable bonds is 3. The molecule has 0 spiro atoms. The van der Waals surface area contributed by atoms with Crippen LogP contribution in [0.4, 0.5) is 0 Å². The van der Waals surface area contributed by atoms with Gasteiger partial charge in [0.1, 0.15) is 0 Å². The SMILES string of the molecule is CCNCC1(C)CCCS1. The highest BCUT2D eigenvalue weighted by Gasteiger charge is 2.28. The van der Waals surface area contributed by atoms with E-state index >= 15 is 0 Å². The van der Waals surface area contributed by atoms with Gasteiger partial charge in [0.05, 0.1) is 0 Å². The average Bonchev–Trinajstić information content (AvgIpc) is 2.33. The molecule has 1 rings (SSSR count). The second kappa shape index (κ2) is 3.63. The summed E-state index contributed by atoms with van der Waals surface area (Å²) < 4.78 is 0.552. The summed E-state index contributed by atoms with van der Waals surface area (Å²) in [6.45, 7) is 6.83. The fourth-order valence-electron chi connectivity index (χ4n) is 1.37. The topological polar surface area (TPSA) is 12.0 Å². The first-order valence-corrected chi connectivity index (χ1v) is 5.10. The molecule has 1 fully saturated rings. The van der Waals surface area contributed by atoms with Gasteiger partial charge in [-0.25, -0.2) is 0 Å². The Hall–Kier alpha value is 0.310. The minimum atomic E-state index is 0.552. The van der Waals surface area contributed by atoms with E-state index in [0.717, 1.165) is 6.54 Å². The van der Waals surface area contributed by atoms with Gasteiger partial charge in [0.2, 0.25) is 0 Å². The largest absolute Gasteiger partial charge is 0.316 e.